The van der Waals surface area contributed by atoms with Crippen LogP contribution in [-0.2, 0) is 9.59 Å². The molecule has 0 spiro atoms. The molecule has 5 heteroatoms. The molecule has 1 rings (SSSR count). The molecule has 0 aliphatic heterocycles. The van der Waals surface area contributed by atoms with Crippen LogP contribution in [0.2, 0.25) is 0 Å². The van der Waals surface area contributed by atoms with Gasteiger partial charge in [-0.2, -0.15) is 0 Å². The van der Waals surface area contributed by atoms with Crippen molar-refractivity contribution in [2.45, 2.75) is 31.7 Å². The quantitative estimate of drug-likeness (QED) is 0.581. The zero-order valence-electron chi connectivity index (χ0n) is 9.08. The normalized spacial score (nSPS) is 25.9. The van der Waals surface area contributed by atoms with Gasteiger partial charge in [-0.15, -0.1) is 0 Å². The van der Waals surface area contributed by atoms with Crippen molar-refractivity contribution in [3.05, 3.63) is 0 Å². The summed E-state index contributed by atoms with van der Waals surface area (Å²) in [4.78, 5) is 22.5. The highest BCUT2D eigenvalue weighted by atomic mass is 16.2. The number of carbonyl (C=O) groups is 2. The van der Waals surface area contributed by atoms with E-state index in [2.05, 4.69) is 10.6 Å². The highest BCUT2D eigenvalue weighted by molar-refractivity contribution is 5.81. The second-order valence-electron chi connectivity index (χ2n) is 4.00. The highest BCUT2D eigenvalue weighted by Gasteiger charge is 2.30. The molecule has 0 aromatic heterocycles. The van der Waals surface area contributed by atoms with Gasteiger partial charge in [0.1, 0.15) is 0 Å². The Morgan fingerprint density at radius 2 is 2.00 bits per heavy atom. The fraction of sp³-hybridized carbons (Fsp3) is 0.800. The second-order valence-corrected chi connectivity index (χ2v) is 4.00. The molecule has 0 aromatic rings. The zero-order chi connectivity index (χ0) is 11.3. The average Bonchev–Trinajstić information content (AvgIpc) is 2.18. The number of primary amides is 1. The number of nitrogens with two attached hydrogens (primary N) is 1. The van der Waals surface area contributed by atoms with Crippen molar-refractivity contribution >= 4 is 11.8 Å². The summed E-state index contributed by atoms with van der Waals surface area (Å²) in [7, 11) is 1.71. The third-order valence-electron chi connectivity index (χ3n) is 2.82. The van der Waals surface area contributed by atoms with Gasteiger partial charge in [0, 0.05) is 6.04 Å². The van der Waals surface area contributed by atoms with E-state index in [0.717, 1.165) is 25.7 Å². The minimum Gasteiger partial charge on any atom is -0.369 e. The molecule has 2 amide bonds. The van der Waals surface area contributed by atoms with Gasteiger partial charge in [-0.05, 0) is 19.9 Å². The van der Waals surface area contributed by atoms with Crippen LogP contribution in [-0.4, -0.2) is 31.4 Å². The summed E-state index contributed by atoms with van der Waals surface area (Å²) in [6.45, 7) is 0.280. The van der Waals surface area contributed by atoms with E-state index in [1.54, 1.807) is 7.05 Å². The lowest BCUT2D eigenvalue weighted by atomic mass is 9.84. The minimum atomic E-state index is -0.301. The Kier molecular flexibility index (Phi) is 4.55. The molecular formula is C10H19N3O2. The Morgan fingerprint density at radius 3 is 2.60 bits per heavy atom. The van der Waals surface area contributed by atoms with Gasteiger partial charge in [-0.1, -0.05) is 12.8 Å². The molecule has 0 aromatic carbocycles. The first-order chi connectivity index (χ1) is 7.15. The molecular weight excluding hydrogens is 194 g/mol. The van der Waals surface area contributed by atoms with E-state index in [4.69, 9.17) is 5.73 Å². The largest absolute Gasteiger partial charge is 0.369 e. The third-order valence-corrected chi connectivity index (χ3v) is 2.82. The summed E-state index contributed by atoms with van der Waals surface area (Å²) < 4.78 is 0. The molecule has 2 atom stereocenters. The van der Waals surface area contributed by atoms with E-state index in [1.165, 1.54) is 0 Å². The van der Waals surface area contributed by atoms with Crippen LogP contribution in [0.3, 0.4) is 0 Å². The van der Waals surface area contributed by atoms with Gasteiger partial charge in [-0.3, -0.25) is 9.59 Å². The number of amides is 2. The highest BCUT2D eigenvalue weighted by Crippen LogP contribution is 2.23. The van der Waals surface area contributed by atoms with Crippen LogP contribution in [0.5, 0.6) is 0 Å². The van der Waals surface area contributed by atoms with Crippen molar-refractivity contribution in [3.8, 4) is 0 Å². The second kappa shape index (κ2) is 5.70. The summed E-state index contributed by atoms with van der Waals surface area (Å²) in [6, 6.07) is -0.0721. The van der Waals surface area contributed by atoms with Crippen LogP contribution in [0, 0.1) is 5.92 Å². The predicted octanol–water partition coefficient (Wildman–Crippen LogP) is -0.634. The van der Waals surface area contributed by atoms with Crippen molar-refractivity contribution in [2.75, 3.05) is 13.6 Å². The Labute approximate surface area is 89.8 Å². The summed E-state index contributed by atoms with van der Waals surface area (Å²) in [5.74, 6) is -0.570. The summed E-state index contributed by atoms with van der Waals surface area (Å²) in [6.07, 6.45) is 3.71. The molecule has 1 aliphatic carbocycles. The number of nitrogens with one attached hydrogen (secondary N) is 2. The maximum atomic E-state index is 11.4. The number of hydrogen-bond acceptors (Lipinski definition) is 3. The lowest BCUT2D eigenvalue weighted by Gasteiger charge is -2.29. The first kappa shape index (κ1) is 12.0. The van der Waals surface area contributed by atoms with E-state index in [9.17, 15) is 9.59 Å². The average molecular weight is 213 g/mol. The lowest BCUT2D eigenvalue weighted by molar-refractivity contribution is -0.125. The fourth-order valence-electron chi connectivity index (χ4n) is 2.06. The molecule has 0 radical (unpaired) electrons. The molecule has 0 bridgehead atoms. The summed E-state index contributed by atoms with van der Waals surface area (Å²) >= 11 is 0. The van der Waals surface area contributed by atoms with Crippen molar-refractivity contribution in [2.24, 2.45) is 11.7 Å². The number of carbonyl (C=O) groups excluding carboxylic acids is 2. The van der Waals surface area contributed by atoms with Gasteiger partial charge in [0.2, 0.25) is 11.8 Å². The number of hydrogen-bond donors (Lipinski definition) is 3. The van der Waals surface area contributed by atoms with Gasteiger partial charge in [0.15, 0.2) is 0 Å². The molecule has 4 N–H and O–H groups in total. The molecule has 2 unspecified atom stereocenters. The third kappa shape index (κ3) is 3.51. The van der Waals surface area contributed by atoms with Crippen LogP contribution in [0.25, 0.3) is 0 Å². The smallest absolute Gasteiger partial charge is 0.234 e. The Morgan fingerprint density at radius 1 is 1.33 bits per heavy atom. The van der Waals surface area contributed by atoms with Gasteiger partial charge in [-0.25, -0.2) is 0 Å². The molecule has 0 saturated heterocycles. The van der Waals surface area contributed by atoms with Crippen LogP contribution in [0.1, 0.15) is 25.7 Å². The van der Waals surface area contributed by atoms with E-state index in [1.807, 2.05) is 0 Å². The predicted molar refractivity (Wildman–Crippen MR) is 57.0 cm³/mol. The van der Waals surface area contributed by atoms with E-state index in [-0.39, 0.29) is 30.3 Å². The summed E-state index contributed by atoms with van der Waals surface area (Å²) in [5.41, 5.74) is 5.30. The summed E-state index contributed by atoms with van der Waals surface area (Å²) in [5, 5.41) is 5.62. The van der Waals surface area contributed by atoms with E-state index in [0.29, 0.717) is 0 Å². The monoisotopic (exact) mass is 213 g/mol. The first-order valence-corrected chi connectivity index (χ1v) is 5.38. The molecule has 1 saturated carbocycles. The van der Waals surface area contributed by atoms with E-state index < -0.39 is 0 Å². The first-order valence-electron chi connectivity index (χ1n) is 5.38. The van der Waals surface area contributed by atoms with Gasteiger partial charge in [0.05, 0.1) is 12.5 Å². The van der Waals surface area contributed by atoms with Crippen molar-refractivity contribution < 1.29 is 9.59 Å². The van der Waals surface area contributed by atoms with Crippen LogP contribution in [0.4, 0.5) is 0 Å². The van der Waals surface area contributed by atoms with Crippen molar-refractivity contribution in [3.63, 3.8) is 0 Å². The standard InChI is InChI=1S/C10H19N3O2/c1-12-6-9(14)13-8-5-3-2-4-7(8)10(11)15/h7-8,12H,2-6H2,1H3,(H2,11,15)(H,13,14). The van der Waals surface area contributed by atoms with Crippen molar-refractivity contribution in [1.29, 1.82) is 0 Å². The zero-order valence-corrected chi connectivity index (χ0v) is 9.08. The Balaban J connectivity index is 2.49. The molecule has 86 valence electrons. The van der Waals surface area contributed by atoms with Gasteiger partial charge in [0.25, 0.3) is 0 Å². The maximum absolute atomic E-state index is 11.4. The molecule has 15 heavy (non-hydrogen) atoms. The van der Waals surface area contributed by atoms with Gasteiger partial charge >= 0.3 is 0 Å². The SMILES string of the molecule is CNCC(=O)NC1CCCCC1C(N)=O. The Hall–Kier alpha value is -1.10. The van der Waals surface area contributed by atoms with Gasteiger partial charge < -0.3 is 16.4 Å². The lowest BCUT2D eigenvalue weighted by Crippen LogP contribution is -2.48. The van der Waals surface area contributed by atoms with Crippen LogP contribution < -0.4 is 16.4 Å². The van der Waals surface area contributed by atoms with E-state index >= 15 is 0 Å². The molecule has 5 nitrogen and oxygen atoms in total. The topological polar surface area (TPSA) is 84.2 Å². The van der Waals surface area contributed by atoms with Crippen LogP contribution in [0.15, 0.2) is 0 Å². The fourth-order valence-corrected chi connectivity index (χ4v) is 2.06. The maximum Gasteiger partial charge on any atom is 0.234 e. The minimum absolute atomic E-state index is 0.0721. The number of rotatable bonds is 4. The molecule has 0 heterocycles. The number of likely N-dealkylation sites (N-methyl/N-ethyl adjacent to an activating group) is 1. The molecule has 1 fully saturated rings. The van der Waals surface area contributed by atoms with Crippen LogP contribution >= 0.6 is 0 Å². The molecule has 1 aliphatic rings. The van der Waals surface area contributed by atoms with Crippen molar-refractivity contribution in [1.82, 2.24) is 10.6 Å². The Bertz CT molecular complexity index is 243.